The maximum absolute atomic E-state index is 12.7. The van der Waals surface area contributed by atoms with Crippen molar-refractivity contribution in [3.63, 3.8) is 0 Å². The van der Waals surface area contributed by atoms with E-state index in [0.29, 0.717) is 28.1 Å². The van der Waals surface area contributed by atoms with Gasteiger partial charge in [-0.25, -0.2) is 0 Å². The summed E-state index contributed by atoms with van der Waals surface area (Å²) >= 11 is 6.17. The summed E-state index contributed by atoms with van der Waals surface area (Å²) in [5, 5.41) is 3.31. The molecule has 2 aromatic rings. The number of rotatable bonds is 7. The van der Waals surface area contributed by atoms with Crippen LogP contribution >= 0.6 is 11.6 Å². The number of amides is 1. The van der Waals surface area contributed by atoms with Gasteiger partial charge in [-0.3, -0.25) is 4.79 Å². The van der Waals surface area contributed by atoms with Crippen molar-refractivity contribution in [2.45, 2.75) is 33.1 Å². The summed E-state index contributed by atoms with van der Waals surface area (Å²) in [7, 11) is 3.07. The van der Waals surface area contributed by atoms with Gasteiger partial charge in [-0.15, -0.1) is 0 Å². The van der Waals surface area contributed by atoms with E-state index < -0.39 is 0 Å². The zero-order chi connectivity index (χ0) is 19.3. The van der Waals surface area contributed by atoms with Crippen LogP contribution in [0.5, 0.6) is 11.5 Å². The lowest BCUT2D eigenvalue weighted by Crippen LogP contribution is -2.19. The van der Waals surface area contributed by atoms with Crippen molar-refractivity contribution in [1.82, 2.24) is 0 Å². The predicted octanol–water partition coefficient (Wildman–Crippen LogP) is 5.30. The fraction of sp³-hybridized carbons (Fsp3) is 0.381. The zero-order valence-electron chi connectivity index (χ0n) is 15.9. The molecule has 2 aromatic carbocycles. The van der Waals surface area contributed by atoms with Crippen LogP contribution < -0.4 is 14.8 Å². The van der Waals surface area contributed by atoms with E-state index >= 15 is 0 Å². The third-order valence-corrected chi connectivity index (χ3v) is 4.54. The molecule has 1 atom stereocenters. The van der Waals surface area contributed by atoms with Gasteiger partial charge in [0, 0.05) is 6.07 Å². The van der Waals surface area contributed by atoms with Crippen molar-refractivity contribution in [3.8, 4) is 11.5 Å². The molecule has 0 unspecified atom stereocenters. The van der Waals surface area contributed by atoms with Gasteiger partial charge in [0.2, 0.25) is 5.91 Å². The number of benzene rings is 2. The lowest BCUT2D eigenvalue weighted by atomic mass is 9.96. The van der Waals surface area contributed by atoms with Crippen molar-refractivity contribution in [3.05, 3.63) is 52.5 Å². The van der Waals surface area contributed by atoms with Crippen LogP contribution in [-0.4, -0.2) is 20.1 Å². The molecule has 0 aliphatic heterocycles. The Labute approximate surface area is 160 Å². The molecule has 0 fully saturated rings. The van der Waals surface area contributed by atoms with Crippen LogP contribution in [0.1, 0.15) is 37.8 Å². The molecule has 0 bridgehead atoms. The van der Waals surface area contributed by atoms with Gasteiger partial charge in [0.1, 0.15) is 11.5 Å². The van der Waals surface area contributed by atoms with Gasteiger partial charge in [-0.05, 0) is 36.5 Å². The van der Waals surface area contributed by atoms with E-state index in [-0.39, 0.29) is 11.8 Å². The minimum Gasteiger partial charge on any atom is -0.495 e. The van der Waals surface area contributed by atoms with Crippen LogP contribution in [0, 0.1) is 5.92 Å². The molecule has 1 N–H and O–H groups in total. The number of ether oxygens (including phenoxy) is 2. The summed E-state index contributed by atoms with van der Waals surface area (Å²) in [5.41, 5.74) is 2.76. The van der Waals surface area contributed by atoms with Crippen LogP contribution in [0.25, 0.3) is 0 Å². The summed E-state index contributed by atoms with van der Waals surface area (Å²) in [6.45, 7) is 6.26. The Bertz CT molecular complexity index is 757. The minimum atomic E-state index is -0.298. The maximum atomic E-state index is 12.7. The molecule has 2 rings (SSSR count). The third-order valence-electron chi connectivity index (χ3n) is 4.25. The van der Waals surface area contributed by atoms with Crippen molar-refractivity contribution >= 4 is 23.2 Å². The lowest BCUT2D eigenvalue weighted by Gasteiger charge is -2.16. The summed E-state index contributed by atoms with van der Waals surface area (Å²) in [5.74, 6) is 1.18. The van der Waals surface area contributed by atoms with Crippen LogP contribution in [0.15, 0.2) is 36.4 Å². The molecular weight excluding hydrogens is 350 g/mol. The zero-order valence-corrected chi connectivity index (χ0v) is 16.7. The Kier molecular flexibility index (Phi) is 6.92. The maximum Gasteiger partial charge on any atom is 0.231 e. The summed E-state index contributed by atoms with van der Waals surface area (Å²) in [4.78, 5) is 12.7. The van der Waals surface area contributed by atoms with E-state index in [0.717, 1.165) is 12.0 Å². The second kappa shape index (κ2) is 8.95. The first-order chi connectivity index (χ1) is 12.3. The van der Waals surface area contributed by atoms with Crippen LogP contribution in [0.3, 0.4) is 0 Å². The van der Waals surface area contributed by atoms with Crippen LogP contribution in [-0.2, 0) is 11.2 Å². The first-order valence-electron chi connectivity index (χ1n) is 8.67. The quantitative estimate of drug-likeness (QED) is 0.714. The minimum absolute atomic E-state index is 0.124. The Hall–Kier alpha value is -2.20. The standard InChI is InChI=1S/C21H26ClNO3/c1-13(2)10-15-6-8-16(9-7-15)14(3)21(24)23-18-11-17(22)19(25-4)12-20(18)26-5/h6-9,11-14H,10H2,1-5H3,(H,23,24)/t14-/m1/s1. The Morgan fingerprint density at radius 1 is 1.04 bits per heavy atom. The highest BCUT2D eigenvalue weighted by Gasteiger charge is 2.18. The number of carbonyl (C=O) groups is 1. The van der Waals surface area contributed by atoms with E-state index in [1.54, 1.807) is 12.1 Å². The number of nitrogens with one attached hydrogen (secondary N) is 1. The normalized spacial score (nSPS) is 12.0. The molecule has 0 spiro atoms. The summed E-state index contributed by atoms with van der Waals surface area (Å²) < 4.78 is 10.5. The van der Waals surface area contributed by atoms with E-state index in [1.165, 1.54) is 19.8 Å². The first kappa shape index (κ1) is 20.1. The molecular formula is C21H26ClNO3. The average Bonchev–Trinajstić information content (AvgIpc) is 2.61. The summed E-state index contributed by atoms with van der Waals surface area (Å²) in [6, 6.07) is 11.5. The Morgan fingerprint density at radius 2 is 1.65 bits per heavy atom. The molecule has 0 aliphatic rings. The fourth-order valence-corrected chi connectivity index (χ4v) is 3.00. The van der Waals surface area contributed by atoms with Gasteiger partial charge in [0.05, 0.1) is 30.8 Å². The molecule has 140 valence electrons. The molecule has 4 nitrogen and oxygen atoms in total. The SMILES string of the molecule is COc1cc(OC)c(NC(=O)[C@H](C)c2ccc(CC(C)C)cc2)cc1Cl. The van der Waals surface area contributed by atoms with Crippen molar-refractivity contribution in [2.75, 3.05) is 19.5 Å². The predicted molar refractivity (Wildman–Crippen MR) is 107 cm³/mol. The number of methoxy groups -OCH3 is 2. The number of carbonyl (C=O) groups excluding carboxylic acids is 1. The topological polar surface area (TPSA) is 47.6 Å². The van der Waals surface area contributed by atoms with Gasteiger partial charge in [0.15, 0.2) is 0 Å². The van der Waals surface area contributed by atoms with Gasteiger partial charge in [0.25, 0.3) is 0 Å². The largest absolute Gasteiger partial charge is 0.495 e. The molecule has 26 heavy (non-hydrogen) atoms. The van der Waals surface area contributed by atoms with Gasteiger partial charge < -0.3 is 14.8 Å². The molecule has 0 heterocycles. The molecule has 1 amide bonds. The highest BCUT2D eigenvalue weighted by atomic mass is 35.5. The second-order valence-electron chi connectivity index (χ2n) is 6.74. The number of hydrogen-bond acceptors (Lipinski definition) is 3. The van der Waals surface area contributed by atoms with E-state index in [2.05, 4.69) is 31.3 Å². The highest BCUT2D eigenvalue weighted by Crippen LogP contribution is 2.36. The Morgan fingerprint density at radius 3 is 2.19 bits per heavy atom. The number of anilines is 1. The monoisotopic (exact) mass is 375 g/mol. The van der Waals surface area contributed by atoms with Crippen LogP contribution in [0.2, 0.25) is 5.02 Å². The first-order valence-corrected chi connectivity index (χ1v) is 9.04. The van der Waals surface area contributed by atoms with E-state index in [4.69, 9.17) is 21.1 Å². The van der Waals surface area contributed by atoms with E-state index in [1.807, 2.05) is 19.1 Å². The number of hydrogen-bond donors (Lipinski definition) is 1. The Balaban J connectivity index is 2.15. The molecule has 0 aromatic heterocycles. The lowest BCUT2D eigenvalue weighted by molar-refractivity contribution is -0.117. The summed E-state index contributed by atoms with van der Waals surface area (Å²) in [6.07, 6.45) is 1.03. The van der Waals surface area contributed by atoms with Gasteiger partial charge in [-0.2, -0.15) is 0 Å². The van der Waals surface area contributed by atoms with E-state index in [9.17, 15) is 4.79 Å². The third kappa shape index (κ3) is 4.92. The molecule has 0 aliphatic carbocycles. The molecule has 0 saturated heterocycles. The van der Waals surface area contributed by atoms with Gasteiger partial charge >= 0.3 is 0 Å². The average molecular weight is 376 g/mol. The number of halogens is 1. The van der Waals surface area contributed by atoms with Crippen molar-refractivity contribution in [1.29, 1.82) is 0 Å². The molecule has 0 radical (unpaired) electrons. The van der Waals surface area contributed by atoms with Crippen LogP contribution in [0.4, 0.5) is 5.69 Å². The van der Waals surface area contributed by atoms with Crippen molar-refractivity contribution < 1.29 is 14.3 Å². The fourth-order valence-electron chi connectivity index (χ4n) is 2.76. The smallest absolute Gasteiger partial charge is 0.231 e. The highest BCUT2D eigenvalue weighted by molar-refractivity contribution is 6.32. The van der Waals surface area contributed by atoms with Gasteiger partial charge in [-0.1, -0.05) is 49.7 Å². The second-order valence-corrected chi connectivity index (χ2v) is 7.14. The molecule has 5 heteroatoms. The van der Waals surface area contributed by atoms with Crippen molar-refractivity contribution in [2.24, 2.45) is 5.92 Å². The molecule has 0 saturated carbocycles.